The Bertz CT molecular complexity index is 719. The van der Waals surface area contributed by atoms with E-state index in [-0.39, 0.29) is 30.2 Å². The van der Waals surface area contributed by atoms with E-state index in [1.807, 2.05) is 6.07 Å². The molecule has 0 saturated carbocycles. The lowest BCUT2D eigenvalue weighted by atomic mass is 9.97. The second-order valence-electron chi connectivity index (χ2n) is 5.96. The fraction of sp³-hybridized carbons (Fsp3) is 0.474. The molecule has 0 unspecified atom stereocenters. The van der Waals surface area contributed by atoms with E-state index in [0.717, 1.165) is 0 Å². The van der Waals surface area contributed by atoms with Gasteiger partial charge in [0.15, 0.2) is 13.2 Å². The third-order valence-corrected chi connectivity index (χ3v) is 4.18. The van der Waals surface area contributed by atoms with Crippen molar-refractivity contribution in [2.24, 2.45) is 5.92 Å². The van der Waals surface area contributed by atoms with Crippen molar-refractivity contribution >= 4 is 17.8 Å². The van der Waals surface area contributed by atoms with E-state index in [2.05, 4.69) is 0 Å². The number of carbonyl (C=O) groups excluding carboxylic acids is 3. The quantitative estimate of drug-likeness (QED) is 0.662. The van der Waals surface area contributed by atoms with Crippen LogP contribution in [-0.2, 0) is 23.9 Å². The molecular formula is C19H22N2O6. The summed E-state index contributed by atoms with van der Waals surface area (Å²) in [5.41, 5.74) is 0.311. The van der Waals surface area contributed by atoms with Crippen LogP contribution in [0.5, 0.6) is 5.75 Å². The first-order valence-corrected chi connectivity index (χ1v) is 8.77. The summed E-state index contributed by atoms with van der Waals surface area (Å²) in [7, 11) is 0. The SMILES string of the molecule is CCOC(=O)C1CCN(C(=O)COC(=O)COc2ccccc2C#N)CC1. The zero-order valence-electron chi connectivity index (χ0n) is 15.2. The van der Waals surface area contributed by atoms with Gasteiger partial charge in [0.1, 0.15) is 11.8 Å². The second kappa shape index (κ2) is 10.2. The van der Waals surface area contributed by atoms with E-state index in [0.29, 0.717) is 38.1 Å². The Morgan fingerprint density at radius 3 is 2.52 bits per heavy atom. The molecule has 0 aliphatic carbocycles. The van der Waals surface area contributed by atoms with Crippen LogP contribution in [0.25, 0.3) is 0 Å². The summed E-state index contributed by atoms with van der Waals surface area (Å²) in [6, 6.07) is 8.48. The highest BCUT2D eigenvalue weighted by molar-refractivity contribution is 5.81. The summed E-state index contributed by atoms with van der Waals surface area (Å²) in [4.78, 5) is 37.1. The topological polar surface area (TPSA) is 106 Å². The normalized spacial score (nSPS) is 14.1. The molecule has 1 aromatic carbocycles. The number of carbonyl (C=O) groups is 3. The van der Waals surface area contributed by atoms with Gasteiger partial charge in [0.25, 0.3) is 5.91 Å². The molecule has 2 rings (SSSR count). The molecular weight excluding hydrogens is 352 g/mol. The van der Waals surface area contributed by atoms with Crippen molar-refractivity contribution in [1.29, 1.82) is 5.26 Å². The highest BCUT2D eigenvalue weighted by Gasteiger charge is 2.28. The molecule has 1 fully saturated rings. The van der Waals surface area contributed by atoms with Crippen LogP contribution in [0.1, 0.15) is 25.3 Å². The van der Waals surface area contributed by atoms with Crippen molar-refractivity contribution in [2.75, 3.05) is 32.9 Å². The number of likely N-dealkylation sites (tertiary alicyclic amines) is 1. The molecule has 1 saturated heterocycles. The van der Waals surface area contributed by atoms with Gasteiger partial charge in [-0.3, -0.25) is 9.59 Å². The highest BCUT2D eigenvalue weighted by Crippen LogP contribution is 2.19. The van der Waals surface area contributed by atoms with E-state index in [1.54, 1.807) is 36.1 Å². The minimum absolute atomic E-state index is 0.190. The highest BCUT2D eigenvalue weighted by atomic mass is 16.6. The van der Waals surface area contributed by atoms with Crippen molar-refractivity contribution in [3.63, 3.8) is 0 Å². The van der Waals surface area contributed by atoms with Crippen molar-refractivity contribution in [3.05, 3.63) is 29.8 Å². The number of hydrogen-bond acceptors (Lipinski definition) is 7. The smallest absolute Gasteiger partial charge is 0.344 e. The Morgan fingerprint density at radius 2 is 1.85 bits per heavy atom. The van der Waals surface area contributed by atoms with E-state index in [4.69, 9.17) is 19.5 Å². The Labute approximate surface area is 157 Å². The van der Waals surface area contributed by atoms with Gasteiger partial charge in [-0.2, -0.15) is 5.26 Å². The molecule has 0 aromatic heterocycles. The number of esters is 2. The minimum atomic E-state index is -0.697. The van der Waals surface area contributed by atoms with E-state index in [1.165, 1.54) is 0 Å². The molecule has 1 aliphatic rings. The Balaban J connectivity index is 1.70. The van der Waals surface area contributed by atoms with Crippen molar-refractivity contribution < 1.29 is 28.6 Å². The molecule has 0 spiro atoms. The standard InChI is InChI=1S/C19H22N2O6/c1-2-25-19(24)14-7-9-21(10-8-14)17(22)12-27-18(23)13-26-16-6-4-3-5-15(16)11-20/h3-6,14H,2,7-10,12-13H2,1H3. The number of nitriles is 1. The lowest BCUT2D eigenvalue weighted by Crippen LogP contribution is -2.42. The van der Waals surface area contributed by atoms with Crippen molar-refractivity contribution in [3.8, 4) is 11.8 Å². The van der Waals surface area contributed by atoms with Crippen LogP contribution in [0.2, 0.25) is 0 Å². The molecule has 8 heteroatoms. The van der Waals surface area contributed by atoms with Crippen LogP contribution in [0.15, 0.2) is 24.3 Å². The van der Waals surface area contributed by atoms with Gasteiger partial charge < -0.3 is 19.1 Å². The molecule has 144 valence electrons. The van der Waals surface area contributed by atoms with E-state index < -0.39 is 12.6 Å². The van der Waals surface area contributed by atoms with Crippen LogP contribution in [0.3, 0.4) is 0 Å². The number of para-hydroxylation sites is 1. The molecule has 0 bridgehead atoms. The number of hydrogen-bond donors (Lipinski definition) is 0. The molecule has 27 heavy (non-hydrogen) atoms. The maximum absolute atomic E-state index is 12.1. The average molecular weight is 374 g/mol. The predicted octanol–water partition coefficient (Wildman–Crippen LogP) is 1.28. The van der Waals surface area contributed by atoms with Crippen LogP contribution >= 0.6 is 0 Å². The third-order valence-electron chi connectivity index (χ3n) is 4.18. The molecule has 1 aromatic rings. The van der Waals surface area contributed by atoms with Gasteiger partial charge in [0.2, 0.25) is 0 Å². The van der Waals surface area contributed by atoms with Gasteiger partial charge in [-0.1, -0.05) is 12.1 Å². The fourth-order valence-corrected chi connectivity index (χ4v) is 2.72. The molecule has 0 atom stereocenters. The van der Waals surface area contributed by atoms with Gasteiger partial charge in [-0.05, 0) is 31.9 Å². The first-order chi connectivity index (χ1) is 13.0. The van der Waals surface area contributed by atoms with E-state index >= 15 is 0 Å². The maximum atomic E-state index is 12.1. The van der Waals surface area contributed by atoms with Crippen molar-refractivity contribution in [2.45, 2.75) is 19.8 Å². The maximum Gasteiger partial charge on any atom is 0.344 e. The van der Waals surface area contributed by atoms with Gasteiger partial charge >= 0.3 is 11.9 Å². The Kier molecular flexibility index (Phi) is 7.62. The average Bonchev–Trinajstić information content (AvgIpc) is 2.70. The Hall–Kier alpha value is -3.08. The third kappa shape index (κ3) is 5.99. The zero-order valence-corrected chi connectivity index (χ0v) is 15.2. The summed E-state index contributed by atoms with van der Waals surface area (Å²) >= 11 is 0. The summed E-state index contributed by atoms with van der Waals surface area (Å²) in [5.74, 6) is -1.15. The lowest BCUT2D eigenvalue weighted by Gasteiger charge is -2.30. The van der Waals surface area contributed by atoms with Crippen molar-refractivity contribution in [1.82, 2.24) is 4.90 Å². The lowest BCUT2D eigenvalue weighted by molar-refractivity contribution is -0.155. The Morgan fingerprint density at radius 1 is 1.15 bits per heavy atom. The number of nitrogens with zero attached hydrogens (tertiary/aromatic N) is 2. The molecule has 0 N–H and O–H groups in total. The van der Waals surface area contributed by atoms with Crippen LogP contribution in [0.4, 0.5) is 0 Å². The summed E-state index contributed by atoms with van der Waals surface area (Å²) in [6.45, 7) is 2.17. The van der Waals surface area contributed by atoms with Crippen LogP contribution < -0.4 is 4.74 Å². The second-order valence-corrected chi connectivity index (χ2v) is 5.96. The summed E-state index contributed by atoms with van der Waals surface area (Å²) in [6.07, 6.45) is 1.07. The number of amides is 1. The molecule has 1 amide bonds. The molecule has 8 nitrogen and oxygen atoms in total. The van der Waals surface area contributed by atoms with Crippen LogP contribution in [-0.4, -0.2) is 55.7 Å². The monoisotopic (exact) mass is 374 g/mol. The van der Waals surface area contributed by atoms with Gasteiger partial charge in [0, 0.05) is 13.1 Å². The number of ether oxygens (including phenoxy) is 3. The van der Waals surface area contributed by atoms with E-state index in [9.17, 15) is 14.4 Å². The minimum Gasteiger partial charge on any atom is -0.481 e. The predicted molar refractivity (Wildman–Crippen MR) is 93.5 cm³/mol. The number of rotatable bonds is 7. The van der Waals surface area contributed by atoms with Gasteiger partial charge in [-0.25, -0.2) is 4.79 Å². The first kappa shape index (κ1) is 20.2. The first-order valence-electron chi connectivity index (χ1n) is 8.77. The molecule has 1 aliphatic heterocycles. The fourth-order valence-electron chi connectivity index (χ4n) is 2.72. The summed E-state index contributed by atoms with van der Waals surface area (Å²) in [5, 5.41) is 8.96. The van der Waals surface area contributed by atoms with Gasteiger partial charge in [0.05, 0.1) is 18.1 Å². The number of benzene rings is 1. The van der Waals surface area contributed by atoms with Gasteiger partial charge in [-0.15, -0.1) is 0 Å². The number of piperidine rings is 1. The summed E-state index contributed by atoms with van der Waals surface area (Å²) < 4.78 is 15.2. The largest absolute Gasteiger partial charge is 0.481 e. The molecule has 1 heterocycles. The molecule has 0 radical (unpaired) electrons. The zero-order chi connectivity index (χ0) is 19.6. The van der Waals surface area contributed by atoms with Crippen LogP contribution in [0, 0.1) is 17.2 Å².